The fraction of sp³-hybridized carbons (Fsp3) is 0.750. The summed E-state index contributed by atoms with van der Waals surface area (Å²) in [4.78, 5) is 32.9. The number of carbonyl (C=O) groups excluding carboxylic acids is 2. The molecule has 0 heterocycles. The zero-order chi connectivity index (χ0) is 14.2. The van der Waals surface area contributed by atoms with Crippen molar-refractivity contribution in [2.75, 3.05) is 13.2 Å². The lowest BCUT2D eigenvalue weighted by Crippen LogP contribution is -2.38. The standard InChI is InChI=1S/C12H21NO5/c1-4-12(2,3)11(17)13-7-8-18-10(16)6-5-9(14)15/h4-8H2,1-3H3,(H,13,17)(H,14,15). The van der Waals surface area contributed by atoms with E-state index >= 15 is 0 Å². The van der Waals surface area contributed by atoms with E-state index in [0.717, 1.165) is 6.42 Å². The van der Waals surface area contributed by atoms with Crippen molar-refractivity contribution >= 4 is 17.8 Å². The van der Waals surface area contributed by atoms with E-state index in [-0.39, 0.29) is 31.9 Å². The maximum atomic E-state index is 11.6. The fourth-order valence-corrected chi connectivity index (χ4v) is 1.01. The van der Waals surface area contributed by atoms with E-state index < -0.39 is 17.4 Å². The Labute approximate surface area is 107 Å². The highest BCUT2D eigenvalue weighted by atomic mass is 16.5. The number of nitrogens with one attached hydrogen (secondary N) is 1. The average Bonchev–Trinajstić information content (AvgIpc) is 2.31. The van der Waals surface area contributed by atoms with Crippen LogP contribution in [0.15, 0.2) is 0 Å². The van der Waals surface area contributed by atoms with Crippen LogP contribution in [-0.4, -0.2) is 36.1 Å². The van der Waals surface area contributed by atoms with Gasteiger partial charge in [0.25, 0.3) is 0 Å². The molecule has 0 bridgehead atoms. The number of carbonyl (C=O) groups is 3. The van der Waals surface area contributed by atoms with Crippen molar-refractivity contribution in [3.05, 3.63) is 0 Å². The van der Waals surface area contributed by atoms with Gasteiger partial charge in [-0.3, -0.25) is 14.4 Å². The van der Waals surface area contributed by atoms with E-state index in [4.69, 9.17) is 9.84 Å². The van der Waals surface area contributed by atoms with E-state index in [2.05, 4.69) is 5.32 Å². The molecule has 0 aromatic heterocycles. The van der Waals surface area contributed by atoms with Crippen LogP contribution in [0, 0.1) is 5.41 Å². The molecule has 0 spiro atoms. The second-order valence-electron chi connectivity index (χ2n) is 4.61. The first kappa shape index (κ1) is 16.4. The van der Waals surface area contributed by atoms with E-state index in [9.17, 15) is 14.4 Å². The van der Waals surface area contributed by atoms with Gasteiger partial charge in [0.15, 0.2) is 0 Å². The summed E-state index contributed by atoms with van der Waals surface area (Å²) in [7, 11) is 0. The van der Waals surface area contributed by atoms with E-state index in [1.165, 1.54) is 0 Å². The Bertz CT molecular complexity index is 312. The molecule has 0 atom stereocenters. The van der Waals surface area contributed by atoms with Crippen molar-refractivity contribution in [1.82, 2.24) is 5.32 Å². The molecule has 0 aliphatic rings. The van der Waals surface area contributed by atoms with Crippen LogP contribution in [-0.2, 0) is 19.1 Å². The number of rotatable bonds is 8. The molecular formula is C12H21NO5. The van der Waals surface area contributed by atoms with Gasteiger partial charge in [0.05, 0.1) is 19.4 Å². The first-order chi connectivity index (χ1) is 8.29. The van der Waals surface area contributed by atoms with Gasteiger partial charge in [0, 0.05) is 5.41 Å². The Morgan fingerprint density at radius 3 is 2.33 bits per heavy atom. The monoisotopic (exact) mass is 259 g/mol. The molecule has 0 saturated carbocycles. The topological polar surface area (TPSA) is 92.7 Å². The SMILES string of the molecule is CCC(C)(C)C(=O)NCCOC(=O)CCC(=O)O. The van der Waals surface area contributed by atoms with Crippen LogP contribution in [0.4, 0.5) is 0 Å². The van der Waals surface area contributed by atoms with Gasteiger partial charge >= 0.3 is 11.9 Å². The molecule has 0 fully saturated rings. The fourth-order valence-electron chi connectivity index (χ4n) is 1.01. The number of carboxylic acid groups (broad SMARTS) is 1. The summed E-state index contributed by atoms with van der Waals surface area (Å²) in [5.41, 5.74) is -0.437. The van der Waals surface area contributed by atoms with Crippen molar-refractivity contribution in [2.45, 2.75) is 40.0 Å². The van der Waals surface area contributed by atoms with Gasteiger partial charge in [-0.1, -0.05) is 20.8 Å². The lowest BCUT2D eigenvalue weighted by molar-refractivity contribution is -0.147. The third-order valence-electron chi connectivity index (χ3n) is 2.69. The maximum absolute atomic E-state index is 11.6. The molecule has 0 radical (unpaired) electrons. The Hall–Kier alpha value is -1.59. The van der Waals surface area contributed by atoms with Gasteiger partial charge in [-0.25, -0.2) is 0 Å². The first-order valence-electron chi connectivity index (χ1n) is 5.95. The second kappa shape index (κ2) is 7.68. The minimum Gasteiger partial charge on any atom is -0.481 e. The summed E-state index contributed by atoms with van der Waals surface area (Å²) < 4.78 is 4.77. The van der Waals surface area contributed by atoms with E-state index in [1.807, 2.05) is 20.8 Å². The molecule has 104 valence electrons. The third-order valence-corrected chi connectivity index (χ3v) is 2.69. The van der Waals surface area contributed by atoms with Crippen LogP contribution in [0.25, 0.3) is 0 Å². The van der Waals surface area contributed by atoms with Crippen molar-refractivity contribution in [3.8, 4) is 0 Å². The van der Waals surface area contributed by atoms with Crippen LogP contribution in [0.5, 0.6) is 0 Å². The number of aliphatic carboxylic acids is 1. The minimum atomic E-state index is -1.04. The normalized spacial score (nSPS) is 10.8. The minimum absolute atomic E-state index is 0.0595. The Morgan fingerprint density at radius 2 is 1.83 bits per heavy atom. The summed E-state index contributed by atoms with van der Waals surface area (Å²) >= 11 is 0. The van der Waals surface area contributed by atoms with Gasteiger partial charge < -0.3 is 15.2 Å². The predicted molar refractivity (Wildman–Crippen MR) is 64.9 cm³/mol. The average molecular weight is 259 g/mol. The number of esters is 1. The lowest BCUT2D eigenvalue weighted by Gasteiger charge is -2.21. The summed E-state index contributed by atoms with van der Waals surface area (Å²) in [5, 5.41) is 11.0. The molecule has 6 heteroatoms. The molecule has 1 amide bonds. The van der Waals surface area contributed by atoms with Crippen LogP contribution in [0.1, 0.15) is 40.0 Å². The van der Waals surface area contributed by atoms with Crippen molar-refractivity contribution in [2.24, 2.45) is 5.41 Å². The molecule has 0 aromatic rings. The zero-order valence-electron chi connectivity index (χ0n) is 11.1. The third kappa shape index (κ3) is 6.88. The number of amides is 1. The molecule has 0 aliphatic heterocycles. The molecule has 0 aliphatic carbocycles. The number of ether oxygens (including phenoxy) is 1. The number of carboxylic acids is 1. The molecule has 0 rings (SSSR count). The highest BCUT2D eigenvalue weighted by Crippen LogP contribution is 2.18. The summed E-state index contributed by atoms with van der Waals surface area (Å²) in [6, 6.07) is 0. The van der Waals surface area contributed by atoms with Crippen LogP contribution < -0.4 is 5.32 Å². The number of hydrogen-bond donors (Lipinski definition) is 2. The van der Waals surface area contributed by atoms with Crippen molar-refractivity contribution < 1.29 is 24.2 Å². The molecule has 2 N–H and O–H groups in total. The van der Waals surface area contributed by atoms with Gasteiger partial charge in [-0.2, -0.15) is 0 Å². The maximum Gasteiger partial charge on any atom is 0.306 e. The highest BCUT2D eigenvalue weighted by Gasteiger charge is 2.24. The van der Waals surface area contributed by atoms with E-state index in [0.29, 0.717) is 0 Å². The predicted octanol–water partition coefficient (Wildman–Crippen LogP) is 0.947. The summed E-state index contributed by atoms with van der Waals surface area (Å²) in [6.07, 6.45) is 0.328. The van der Waals surface area contributed by atoms with Gasteiger partial charge in [-0.05, 0) is 6.42 Å². The van der Waals surface area contributed by atoms with Crippen LogP contribution in [0.2, 0.25) is 0 Å². The summed E-state index contributed by atoms with van der Waals surface area (Å²) in [5.74, 6) is -1.70. The molecular weight excluding hydrogens is 238 g/mol. The Kier molecular flexibility index (Phi) is 7.00. The largest absolute Gasteiger partial charge is 0.481 e. The lowest BCUT2D eigenvalue weighted by atomic mass is 9.89. The van der Waals surface area contributed by atoms with Gasteiger partial charge in [0.1, 0.15) is 6.61 Å². The van der Waals surface area contributed by atoms with Crippen molar-refractivity contribution in [1.29, 1.82) is 0 Å². The molecule has 6 nitrogen and oxygen atoms in total. The smallest absolute Gasteiger partial charge is 0.306 e. The van der Waals surface area contributed by atoms with Gasteiger partial charge in [0.2, 0.25) is 5.91 Å². The quantitative estimate of drug-likeness (QED) is 0.500. The summed E-state index contributed by atoms with van der Waals surface area (Å²) in [6.45, 7) is 5.89. The highest BCUT2D eigenvalue weighted by molar-refractivity contribution is 5.81. The first-order valence-corrected chi connectivity index (χ1v) is 5.95. The molecule has 18 heavy (non-hydrogen) atoms. The number of hydrogen-bond acceptors (Lipinski definition) is 4. The Morgan fingerprint density at radius 1 is 1.22 bits per heavy atom. The molecule has 0 unspecified atom stereocenters. The van der Waals surface area contributed by atoms with E-state index in [1.54, 1.807) is 0 Å². The van der Waals surface area contributed by atoms with Crippen LogP contribution in [0.3, 0.4) is 0 Å². The molecule has 0 saturated heterocycles. The van der Waals surface area contributed by atoms with Crippen LogP contribution >= 0.6 is 0 Å². The second-order valence-corrected chi connectivity index (χ2v) is 4.61. The molecule has 0 aromatic carbocycles. The van der Waals surface area contributed by atoms with Crippen molar-refractivity contribution in [3.63, 3.8) is 0 Å². The van der Waals surface area contributed by atoms with Gasteiger partial charge in [-0.15, -0.1) is 0 Å². The zero-order valence-corrected chi connectivity index (χ0v) is 11.1. The Balaban J connectivity index is 3.71.